The van der Waals surface area contributed by atoms with Crippen molar-refractivity contribution in [3.05, 3.63) is 84.9 Å². The lowest BCUT2D eigenvalue weighted by Crippen LogP contribution is -2.17. The highest BCUT2D eigenvalue weighted by Gasteiger charge is 2.37. The lowest BCUT2D eigenvalue weighted by Gasteiger charge is -2.39. The van der Waals surface area contributed by atoms with E-state index in [9.17, 15) is 8.42 Å². The van der Waals surface area contributed by atoms with Crippen molar-refractivity contribution in [3.63, 3.8) is 0 Å². The summed E-state index contributed by atoms with van der Waals surface area (Å²) in [5, 5.41) is 0. The van der Waals surface area contributed by atoms with Crippen molar-refractivity contribution in [1.29, 1.82) is 0 Å². The molecule has 0 spiro atoms. The van der Waals surface area contributed by atoms with Gasteiger partial charge in [0, 0.05) is 14.7 Å². The molecule has 178 valence electrons. The summed E-state index contributed by atoms with van der Waals surface area (Å²) in [6.45, 7) is 2.17. The Hall–Kier alpha value is -2.28. The molecule has 4 nitrogen and oxygen atoms in total. The van der Waals surface area contributed by atoms with E-state index in [1.54, 1.807) is 7.11 Å². The van der Waals surface area contributed by atoms with Gasteiger partial charge < -0.3 is 4.74 Å². The number of ether oxygens (including phenoxy) is 1. The second-order valence-corrected chi connectivity index (χ2v) is 12.5. The average molecular weight is 487 g/mol. The van der Waals surface area contributed by atoms with E-state index in [0.717, 1.165) is 33.9 Å². The molecule has 3 aromatic rings. The highest BCUT2D eigenvalue weighted by Crippen LogP contribution is 2.70. The van der Waals surface area contributed by atoms with Gasteiger partial charge in [-0.05, 0) is 65.3 Å². The van der Waals surface area contributed by atoms with Gasteiger partial charge in [0.25, 0.3) is 10.1 Å². The van der Waals surface area contributed by atoms with Crippen LogP contribution < -0.4 is 4.74 Å². The molecule has 0 N–H and O–H groups in total. The number of methoxy groups -OCH3 is 1. The number of rotatable bonds is 13. The zero-order chi connectivity index (χ0) is 23.6. The van der Waals surface area contributed by atoms with Crippen LogP contribution in [-0.4, -0.2) is 21.3 Å². The van der Waals surface area contributed by atoms with Gasteiger partial charge >= 0.3 is 0 Å². The summed E-state index contributed by atoms with van der Waals surface area (Å²) in [4.78, 5) is 2.49. The van der Waals surface area contributed by atoms with Crippen molar-refractivity contribution in [2.24, 2.45) is 0 Å². The SMILES string of the molecule is CCCCCCCCS(=O)(=O)OS(c1ccccc1)(c1ccccc1)c1ccc(OC)cc1. The zero-order valence-corrected chi connectivity index (χ0v) is 21.1. The second kappa shape index (κ2) is 12.3. The van der Waals surface area contributed by atoms with Gasteiger partial charge in [-0.2, -0.15) is 8.42 Å². The predicted octanol–water partition coefficient (Wildman–Crippen LogP) is 7.60. The monoisotopic (exact) mass is 486 g/mol. The lowest BCUT2D eigenvalue weighted by atomic mass is 10.1. The van der Waals surface area contributed by atoms with Crippen molar-refractivity contribution in [2.75, 3.05) is 12.9 Å². The van der Waals surface area contributed by atoms with Gasteiger partial charge in [-0.3, -0.25) is 0 Å². The molecule has 0 aliphatic heterocycles. The molecular formula is C27H34O4S2. The van der Waals surface area contributed by atoms with Gasteiger partial charge in [-0.25, -0.2) is 3.63 Å². The third kappa shape index (κ3) is 6.62. The van der Waals surface area contributed by atoms with Crippen LogP contribution in [0.1, 0.15) is 45.4 Å². The Balaban J connectivity index is 2.02. The van der Waals surface area contributed by atoms with Crippen LogP contribution in [0.2, 0.25) is 0 Å². The first-order valence-electron chi connectivity index (χ1n) is 11.5. The van der Waals surface area contributed by atoms with Crippen LogP contribution in [0, 0.1) is 0 Å². The number of unbranched alkanes of at least 4 members (excludes halogenated alkanes) is 5. The number of hydrogen-bond acceptors (Lipinski definition) is 4. The first-order chi connectivity index (χ1) is 16.0. The standard InChI is InChI=1S/C27H34O4S2/c1-3-4-5-6-7-14-23-32(28,29)31-33(25-15-10-8-11-16-25,26-17-12-9-13-18-26)27-21-19-24(30-2)20-22-27/h8-13,15-22H,3-7,14,23H2,1-2H3. The van der Waals surface area contributed by atoms with E-state index in [4.69, 9.17) is 8.37 Å². The molecule has 0 amide bonds. The largest absolute Gasteiger partial charge is 0.497 e. The van der Waals surface area contributed by atoms with Crippen LogP contribution in [0.5, 0.6) is 5.75 Å². The molecule has 0 aliphatic rings. The van der Waals surface area contributed by atoms with Crippen molar-refractivity contribution in [1.82, 2.24) is 0 Å². The fraction of sp³-hybridized carbons (Fsp3) is 0.333. The van der Waals surface area contributed by atoms with E-state index in [1.165, 1.54) is 12.8 Å². The molecule has 0 aromatic heterocycles. The van der Waals surface area contributed by atoms with Gasteiger partial charge in [0.2, 0.25) is 0 Å². The normalized spacial score (nSPS) is 12.4. The summed E-state index contributed by atoms with van der Waals surface area (Å²) in [6, 6.07) is 26.9. The van der Waals surface area contributed by atoms with E-state index in [-0.39, 0.29) is 5.75 Å². The molecular weight excluding hydrogens is 452 g/mol. The molecule has 0 radical (unpaired) electrons. The Morgan fingerprint density at radius 1 is 0.636 bits per heavy atom. The van der Waals surface area contributed by atoms with Crippen molar-refractivity contribution in [3.8, 4) is 5.75 Å². The smallest absolute Gasteiger partial charge is 0.277 e. The molecule has 3 aromatic carbocycles. The number of benzene rings is 3. The summed E-state index contributed by atoms with van der Waals surface area (Å²) in [7, 11) is -4.68. The quantitative estimate of drug-likeness (QED) is 0.233. The van der Waals surface area contributed by atoms with Crippen LogP contribution in [0.3, 0.4) is 0 Å². The van der Waals surface area contributed by atoms with Crippen LogP contribution >= 0.6 is 10.3 Å². The lowest BCUT2D eigenvalue weighted by molar-refractivity contribution is 0.414. The molecule has 0 saturated carbocycles. The third-order valence-corrected chi connectivity index (χ3v) is 10.7. The fourth-order valence-corrected chi connectivity index (χ4v) is 9.20. The van der Waals surface area contributed by atoms with Gasteiger partial charge in [-0.15, -0.1) is 0 Å². The summed E-state index contributed by atoms with van der Waals surface area (Å²) >= 11 is 0. The van der Waals surface area contributed by atoms with Crippen molar-refractivity contribution >= 4 is 20.4 Å². The summed E-state index contributed by atoms with van der Waals surface area (Å²) in [6.07, 6.45) is 6.06. The van der Waals surface area contributed by atoms with Gasteiger partial charge in [-0.1, -0.05) is 75.4 Å². The first-order valence-corrected chi connectivity index (χ1v) is 14.7. The van der Waals surface area contributed by atoms with Crippen molar-refractivity contribution < 1.29 is 16.8 Å². The molecule has 0 saturated heterocycles. The highest BCUT2D eigenvalue weighted by molar-refractivity contribution is 8.33. The van der Waals surface area contributed by atoms with Crippen LogP contribution in [0.25, 0.3) is 0 Å². The molecule has 0 atom stereocenters. The second-order valence-electron chi connectivity index (χ2n) is 7.96. The van der Waals surface area contributed by atoms with E-state index < -0.39 is 20.4 Å². The molecule has 0 unspecified atom stereocenters. The maximum Gasteiger partial charge on any atom is 0.277 e. The minimum absolute atomic E-state index is 0.0176. The van der Waals surface area contributed by atoms with Crippen LogP contribution in [0.15, 0.2) is 99.6 Å². The zero-order valence-electron chi connectivity index (χ0n) is 19.5. The third-order valence-electron chi connectivity index (χ3n) is 5.50. The molecule has 6 heteroatoms. The molecule has 3 rings (SSSR count). The Morgan fingerprint density at radius 3 is 1.64 bits per heavy atom. The molecule has 0 bridgehead atoms. The van der Waals surface area contributed by atoms with Gasteiger partial charge in [0.1, 0.15) is 5.75 Å². The maximum atomic E-state index is 13.4. The highest BCUT2D eigenvalue weighted by atomic mass is 32.3. The van der Waals surface area contributed by atoms with E-state index in [1.807, 2.05) is 84.9 Å². The van der Waals surface area contributed by atoms with Gasteiger partial charge in [0.15, 0.2) is 0 Å². The van der Waals surface area contributed by atoms with E-state index in [2.05, 4.69) is 6.92 Å². The Bertz CT molecular complexity index is 1030. The average Bonchev–Trinajstić information content (AvgIpc) is 2.86. The minimum Gasteiger partial charge on any atom is -0.497 e. The van der Waals surface area contributed by atoms with Gasteiger partial charge in [0.05, 0.1) is 12.9 Å². The topological polar surface area (TPSA) is 52.6 Å². The Labute approximate surface area is 200 Å². The van der Waals surface area contributed by atoms with E-state index >= 15 is 0 Å². The molecule has 0 fully saturated rings. The van der Waals surface area contributed by atoms with Crippen molar-refractivity contribution in [2.45, 2.75) is 60.1 Å². The maximum absolute atomic E-state index is 13.4. The summed E-state index contributed by atoms with van der Waals surface area (Å²) in [5.41, 5.74) is 0. The Morgan fingerprint density at radius 2 is 1.12 bits per heavy atom. The van der Waals surface area contributed by atoms with E-state index in [0.29, 0.717) is 12.2 Å². The molecule has 0 aliphatic carbocycles. The fourth-order valence-electron chi connectivity index (χ4n) is 3.77. The molecule has 33 heavy (non-hydrogen) atoms. The minimum atomic E-state index is -3.79. The van der Waals surface area contributed by atoms with Crippen LogP contribution in [-0.2, 0) is 13.7 Å². The summed E-state index contributed by atoms with van der Waals surface area (Å²) < 4.78 is 38.3. The summed E-state index contributed by atoms with van der Waals surface area (Å²) in [5.74, 6) is 0.729. The molecule has 0 heterocycles. The van der Waals surface area contributed by atoms with Crippen LogP contribution in [0.4, 0.5) is 0 Å². The first kappa shape index (κ1) is 25.3. The number of hydrogen-bond donors (Lipinski definition) is 0. The Kier molecular flexibility index (Phi) is 9.41. The predicted molar refractivity (Wildman–Crippen MR) is 137 cm³/mol.